The highest BCUT2D eigenvalue weighted by molar-refractivity contribution is 5.84. The van der Waals surface area contributed by atoms with Gasteiger partial charge in [-0.05, 0) is 83.0 Å². The molecule has 0 aromatic heterocycles. The first-order valence-corrected chi connectivity index (χ1v) is 13.5. The van der Waals surface area contributed by atoms with Gasteiger partial charge in [-0.3, -0.25) is 15.0 Å². The van der Waals surface area contributed by atoms with E-state index < -0.39 is 17.8 Å². The standard InChI is InChI=1S/C29H45N3O6/c1-7-17-37-27(34)30-23-14-12-22(13-15-23)10-9-18-36-26(33)25-11-8-16-32(25)20-24(19-21(2)3)31-28(35)38-29(4,5)6/h7,12-15,21,24-25H,1,8-11,16-20H2,2-6H3,(H,30,34)(H,31,35)/t24-,25-/m0/s1. The number of carbonyl (C=O) groups is 3. The van der Waals surface area contributed by atoms with E-state index in [2.05, 4.69) is 36.0 Å². The lowest BCUT2D eigenvalue weighted by atomic mass is 10.0. The van der Waals surface area contributed by atoms with Crippen LogP contribution in [0.5, 0.6) is 0 Å². The van der Waals surface area contributed by atoms with Crippen LogP contribution in [0, 0.1) is 5.92 Å². The fourth-order valence-electron chi connectivity index (χ4n) is 4.41. The van der Waals surface area contributed by atoms with E-state index in [0.717, 1.165) is 37.8 Å². The molecule has 1 aliphatic heterocycles. The van der Waals surface area contributed by atoms with E-state index in [9.17, 15) is 14.4 Å². The Labute approximate surface area is 227 Å². The first kappa shape index (κ1) is 31.1. The van der Waals surface area contributed by atoms with Crippen molar-refractivity contribution in [3.05, 3.63) is 42.5 Å². The Morgan fingerprint density at radius 3 is 2.47 bits per heavy atom. The fourth-order valence-corrected chi connectivity index (χ4v) is 4.41. The number of anilines is 1. The number of hydrogen-bond donors (Lipinski definition) is 2. The van der Waals surface area contributed by atoms with Gasteiger partial charge in [-0.2, -0.15) is 0 Å². The van der Waals surface area contributed by atoms with Crippen LogP contribution in [0.1, 0.15) is 65.9 Å². The summed E-state index contributed by atoms with van der Waals surface area (Å²) in [6, 6.07) is 7.07. The van der Waals surface area contributed by atoms with E-state index in [1.54, 1.807) is 0 Å². The summed E-state index contributed by atoms with van der Waals surface area (Å²) in [7, 11) is 0. The van der Waals surface area contributed by atoms with Crippen LogP contribution in [0.2, 0.25) is 0 Å². The van der Waals surface area contributed by atoms with Gasteiger partial charge in [-0.1, -0.05) is 38.6 Å². The van der Waals surface area contributed by atoms with Gasteiger partial charge in [0.25, 0.3) is 0 Å². The molecule has 1 fully saturated rings. The normalized spacial score (nSPS) is 16.5. The molecule has 1 aromatic carbocycles. The highest BCUT2D eigenvalue weighted by atomic mass is 16.6. The number of alkyl carbamates (subject to hydrolysis) is 1. The minimum Gasteiger partial charge on any atom is -0.465 e. The van der Waals surface area contributed by atoms with E-state index in [-0.39, 0.29) is 24.7 Å². The number of likely N-dealkylation sites (tertiary alicyclic amines) is 1. The maximum atomic E-state index is 12.9. The molecule has 38 heavy (non-hydrogen) atoms. The molecule has 1 saturated heterocycles. The maximum Gasteiger partial charge on any atom is 0.411 e. The van der Waals surface area contributed by atoms with Crippen LogP contribution in [0.4, 0.5) is 15.3 Å². The van der Waals surface area contributed by atoms with Gasteiger partial charge in [0.15, 0.2) is 0 Å². The molecule has 0 unspecified atom stereocenters. The predicted octanol–water partition coefficient (Wildman–Crippen LogP) is 5.30. The summed E-state index contributed by atoms with van der Waals surface area (Å²) in [6.45, 7) is 15.1. The van der Waals surface area contributed by atoms with Crippen molar-refractivity contribution in [3.63, 3.8) is 0 Å². The molecule has 2 amide bonds. The smallest absolute Gasteiger partial charge is 0.411 e. The molecule has 9 heteroatoms. The Morgan fingerprint density at radius 2 is 1.84 bits per heavy atom. The largest absolute Gasteiger partial charge is 0.465 e. The van der Waals surface area contributed by atoms with E-state index in [1.807, 2.05) is 45.0 Å². The Balaban J connectivity index is 1.79. The molecule has 1 aromatic rings. The van der Waals surface area contributed by atoms with Crippen molar-refractivity contribution in [3.8, 4) is 0 Å². The molecule has 9 nitrogen and oxygen atoms in total. The molecule has 0 spiro atoms. The number of hydrogen-bond acceptors (Lipinski definition) is 7. The second kappa shape index (κ2) is 15.4. The molecule has 0 radical (unpaired) electrons. The van der Waals surface area contributed by atoms with Crippen LogP contribution in [-0.4, -0.2) is 67.0 Å². The first-order valence-electron chi connectivity index (χ1n) is 13.5. The molecule has 212 valence electrons. The average Bonchev–Trinajstić information content (AvgIpc) is 3.27. The number of nitrogens with zero attached hydrogens (tertiary/aromatic N) is 1. The second-order valence-electron chi connectivity index (χ2n) is 11.1. The molecule has 0 aliphatic carbocycles. The maximum absolute atomic E-state index is 12.9. The zero-order valence-corrected chi connectivity index (χ0v) is 23.6. The molecular formula is C29H45N3O6. The molecule has 2 N–H and O–H groups in total. The van der Waals surface area contributed by atoms with Crippen molar-refractivity contribution in [1.29, 1.82) is 0 Å². The summed E-state index contributed by atoms with van der Waals surface area (Å²) in [6.07, 6.45) is 4.46. The average molecular weight is 532 g/mol. The number of ether oxygens (including phenoxy) is 3. The number of aryl methyl sites for hydroxylation is 1. The summed E-state index contributed by atoms with van der Waals surface area (Å²) in [4.78, 5) is 39.0. The first-order chi connectivity index (χ1) is 18.0. The minimum atomic E-state index is -0.565. The van der Waals surface area contributed by atoms with Gasteiger partial charge < -0.3 is 19.5 Å². The van der Waals surface area contributed by atoms with Gasteiger partial charge in [0, 0.05) is 18.3 Å². The van der Waals surface area contributed by atoms with Crippen molar-refractivity contribution in [1.82, 2.24) is 10.2 Å². The lowest BCUT2D eigenvalue weighted by molar-refractivity contribution is -0.149. The quantitative estimate of drug-likeness (QED) is 0.154. The molecule has 1 heterocycles. The van der Waals surface area contributed by atoms with Gasteiger partial charge in [0.2, 0.25) is 0 Å². The van der Waals surface area contributed by atoms with Gasteiger partial charge >= 0.3 is 18.2 Å². The van der Waals surface area contributed by atoms with E-state index in [1.165, 1.54) is 6.08 Å². The molecule has 0 saturated carbocycles. The topological polar surface area (TPSA) is 106 Å². The third-order valence-electron chi connectivity index (χ3n) is 5.95. The van der Waals surface area contributed by atoms with E-state index in [0.29, 0.717) is 31.2 Å². The van der Waals surface area contributed by atoms with Crippen LogP contribution in [0.25, 0.3) is 0 Å². The van der Waals surface area contributed by atoms with Gasteiger partial charge in [-0.15, -0.1) is 0 Å². The van der Waals surface area contributed by atoms with Crippen molar-refractivity contribution < 1.29 is 28.6 Å². The number of rotatable bonds is 13. The number of nitrogens with one attached hydrogen (secondary N) is 2. The lowest BCUT2D eigenvalue weighted by Crippen LogP contribution is -2.49. The SMILES string of the molecule is C=CCOC(=O)Nc1ccc(CCCOC(=O)[C@@H]2CCCN2C[C@H](CC(C)C)NC(=O)OC(C)(C)C)cc1. The van der Waals surface area contributed by atoms with Gasteiger partial charge in [0.1, 0.15) is 18.2 Å². The van der Waals surface area contributed by atoms with Crippen LogP contribution in [0.15, 0.2) is 36.9 Å². The Hall–Kier alpha value is -3.07. The fraction of sp³-hybridized carbons (Fsp3) is 0.621. The highest BCUT2D eigenvalue weighted by Gasteiger charge is 2.34. The summed E-state index contributed by atoms with van der Waals surface area (Å²) in [5, 5.41) is 5.65. The predicted molar refractivity (Wildman–Crippen MR) is 148 cm³/mol. The molecule has 1 aliphatic rings. The minimum absolute atomic E-state index is 0.112. The second-order valence-corrected chi connectivity index (χ2v) is 11.1. The van der Waals surface area contributed by atoms with E-state index in [4.69, 9.17) is 14.2 Å². The summed E-state index contributed by atoms with van der Waals surface area (Å²) >= 11 is 0. The van der Waals surface area contributed by atoms with Crippen molar-refractivity contribution in [2.24, 2.45) is 5.92 Å². The van der Waals surface area contributed by atoms with Gasteiger partial charge in [-0.25, -0.2) is 9.59 Å². The van der Waals surface area contributed by atoms with Crippen molar-refractivity contribution >= 4 is 23.8 Å². The summed E-state index contributed by atoms with van der Waals surface area (Å²) < 4.78 is 16.0. The highest BCUT2D eigenvalue weighted by Crippen LogP contribution is 2.21. The molecule has 0 bridgehead atoms. The zero-order valence-electron chi connectivity index (χ0n) is 23.6. The number of amides is 2. The van der Waals surface area contributed by atoms with Gasteiger partial charge in [0.05, 0.1) is 6.61 Å². The Bertz CT molecular complexity index is 910. The zero-order chi connectivity index (χ0) is 28.1. The van der Waals surface area contributed by atoms with Crippen LogP contribution in [-0.2, 0) is 25.4 Å². The summed E-state index contributed by atoms with van der Waals surface area (Å²) in [5.41, 5.74) is 1.16. The van der Waals surface area contributed by atoms with Crippen LogP contribution >= 0.6 is 0 Å². The molecule has 2 atom stereocenters. The third kappa shape index (κ3) is 12.0. The van der Waals surface area contributed by atoms with Crippen LogP contribution < -0.4 is 10.6 Å². The number of esters is 1. The number of carbonyl (C=O) groups excluding carboxylic acids is 3. The van der Waals surface area contributed by atoms with Crippen LogP contribution in [0.3, 0.4) is 0 Å². The molecule has 2 rings (SSSR count). The molecular weight excluding hydrogens is 486 g/mol. The Morgan fingerprint density at radius 1 is 1.13 bits per heavy atom. The van der Waals surface area contributed by atoms with E-state index >= 15 is 0 Å². The third-order valence-corrected chi connectivity index (χ3v) is 5.95. The Kier molecular flexibility index (Phi) is 12.6. The summed E-state index contributed by atoms with van der Waals surface area (Å²) in [5.74, 6) is 0.180. The van der Waals surface area contributed by atoms with Crippen molar-refractivity contribution in [2.75, 3.05) is 31.6 Å². The number of benzene rings is 1. The monoisotopic (exact) mass is 531 g/mol. The van der Waals surface area contributed by atoms with Crippen molar-refractivity contribution in [2.45, 2.75) is 84.4 Å². The lowest BCUT2D eigenvalue weighted by Gasteiger charge is -2.30.